The molecule has 0 saturated carbocycles. The molecule has 0 unspecified atom stereocenters. The summed E-state index contributed by atoms with van der Waals surface area (Å²) < 4.78 is 7.11. The lowest BCUT2D eigenvalue weighted by atomic mass is 10.2. The Labute approximate surface area is 93.1 Å². The molecule has 0 saturated heterocycles. The minimum absolute atomic E-state index is 0.139. The van der Waals surface area contributed by atoms with Gasteiger partial charge in [0.1, 0.15) is 6.54 Å². The van der Waals surface area contributed by atoms with E-state index in [1.807, 2.05) is 17.7 Å². The monoisotopic (exact) mass is 219 g/mol. The molecule has 5 nitrogen and oxygen atoms in total. The van der Waals surface area contributed by atoms with Crippen LogP contribution in [0.4, 0.5) is 0 Å². The summed E-state index contributed by atoms with van der Waals surface area (Å²) in [5.41, 5.74) is 0.721. The average Bonchev–Trinajstić information content (AvgIpc) is 2.87. The number of Topliss-reactive ketones (excluding diaryl/α,β-unsaturated/α-hetero) is 1. The van der Waals surface area contributed by atoms with Gasteiger partial charge in [-0.05, 0) is 6.07 Å². The lowest BCUT2D eigenvalue weighted by Crippen LogP contribution is -1.98. The average molecular weight is 219 g/mol. The summed E-state index contributed by atoms with van der Waals surface area (Å²) in [6.07, 6.45) is 4.15. The van der Waals surface area contributed by atoms with Crippen LogP contribution in [0.25, 0.3) is 0 Å². The second-order valence-corrected chi connectivity index (χ2v) is 3.56. The summed E-state index contributed by atoms with van der Waals surface area (Å²) in [6.45, 7) is 4.09. The highest BCUT2D eigenvalue weighted by Crippen LogP contribution is 2.07. The molecule has 0 fully saturated rings. The van der Waals surface area contributed by atoms with Gasteiger partial charge < -0.3 is 8.98 Å². The van der Waals surface area contributed by atoms with E-state index in [1.54, 1.807) is 19.2 Å². The van der Waals surface area contributed by atoms with Gasteiger partial charge in [0.25, 0.3) is 0 Å². The maximum atomic E-state index is 11.4. The standard InChI is InChI=1S/C11H13N3O2/c1-3-10(15)9-4-5-14(6-9)7-11-13-12-8(2)16-11/h4-6H,3,7H2,1-2H3. The maximum absolute atomic E-state index is 11.4. The Hall–Kier alpha value is -1.91. The SMILES string of the molecule is CCC(=O)c1ccn(Cc2nnc(C)o2)c1. The fraction of sp³-hybridized carbons (Fsp3) is 0.364. The molecule has 16 heavy (non-hydrogen) atoms. The minimum Gasteiger partial charge on any atom is -0.424 e. The number of rotatable bonds is 4. The van der Waals surface area contributed by atoms with Crippen LogP contribution in [0, 0.1) is 6.92 Å². The van der Waals surface area contributed by atoms with Gasteiger partial charge in [-0.15, -0.1) is 10.2 Å². The number of aromatic nitrogens is 3. The van der Waals surface area contributed by atoms with E-state index in [0.717, 1.165) is 5.56 Å². The van der Waals surface area contributed by atoms with Crippen LogP contribution in [0.2, 0.25) is 0 Å². The first kappa shape index (κ1) is 10.6. The Kier molecular flexibility index (Phi) is 2.85. The van der Waals surface area contributed by atoms with Crippen LogP contribution >= 0.6 is 0 Å². The first-order valence-electron chi connectivity index (χ1n) is 5.17. The largest absolute Gasteiger partial charge is 0.424 e. The molecule has 0 amide bonds. The highest BCUT2D eigenvalue weighted by molar-refractivity contribution is 5.95. The Morgan fingerprint density at radius 3 is 2.94 bits per heavy atom. The Bertz CT molecular complexity index is 499. The van der Waals surface area contributed by atoms with Crippen LogP contribution < -0.4 is 0 Å². The van der Waals surface area contributed by atoms with E-state index in [-0.39, 0.29) is 5.78 Å². The van der Waals surface area contributed by atoms with E-state index in [4.69, 9.17) is 4.42 Å². The van der Waals surface area contributed by atoms with Gasteiger partial charge in [-0.2, -0.15) is 0 Å². The van der Waals surface area contributed by atoms with Crippen LogP contribution in [0.15, 0.2) is 22.9 Å². The minimum atomic E-state index is 0.139. The zero-order valence-corrected chi connectivity index (χ0v) is 9.30. The number of carbonyl (C=O) groups excluding carboxylic acids is 1. The summed E-state index contributed by atoms with van der Waals surface area (Å²) in [5, 5.41) is 7.64. The summed E-state index contributed by atoms with van der Waals surface area (Å²) in [4.78, 5) is 11.4. The molecule has 2 aromatic heterocycles. The number of nitrogens with zero attached hydrogens (tertiary/aromatic N) is 3. The molecule has 0 bridgehead atoms. The quantitative estimate of drug-likeness (QED) is 0.736. The van der Waals surface area contributed by atoms with Crippen molar-refractivity contribution in [2.75, 3.05) is 0 Å². The van der Waals surface area contributed by atoms with Gasteiger partial charge in [0.15, 0.2) is 5.78 Å². The summed E-state index contributed by atoms with van der Waals surface area (Å²) in [6, 6.07) is 1.80. The number of hydrogen-bond acceptors (Lipinski definition) is 4. The molecule has 5 heteroatoms. The first-order valence-corrected chi connectivity index (χ1v) is 5.17. The molecular formula is C11H13N3O2. The Morgan fingerprint density at radius 2 is 2.31 bits per heavy atom. The molecule has 2 aromatic rings. The molecule has 0 aliphatic carbocycles. The van der Waals surface area contributed by atoms with Crippen molar-refractivity contribution >= 4 is 5.78 Å². The van der Waals surface area contributed by atoms with Crippen molar-refractivity contribution in [2.45, 2.75) is 26.8 Å². The maximum Gasteiger partial charge on any atom is 0.236 e. The zero-order chi connectivity index (χ0) is 11.5. The molecule has 0 spiro atoms. The van der Waals surface area contributed by atoms with Gasteiger partial charge in [-0.25, -0.2) is 0 Å². The summed E-state index contributed by atoms with van der Waals surface area (Å²) >= 11 is 0. The van der Waals surface area contributed by atoms with Gasteiger partial charge in [-0.1, -0.05) is 6.92 Å². The van der Waals surface area contributed by atoms with Gasteiger partial charge >= 0.3 is 0 Å². The van der Waals surface area contributed by atoms with E-state index in [9.17, 15) is 4.79 Å². The Morgan fingerprint density at radius 1 is 1.50 bits per heavy atom. The van der Waals surface area contributed by atoms with Crippen LogP contribution in [0.1, 0.15) is 35.5 Å². The molecule has 84 valence electrons. The predicted octanol–water partition coefficient (Wildman–Crippen LogP) is 1.82. The summed E-state index contributed by atoms with van der Waals surface area (Å²) in [7, 11) is 0. The van der Waals surface area contributed by atoms with Crippen molar-refractivity contribution in [3.05, 3.63) is 35.8 Å². The predicted molar refractivity (Wildman–Crippen MR) is 57.2 cm³/mol. The van der Waals surface area contributed by atoms with Crippen LogP contribution in [-0.2, 0) is 6.54 Å². The van der Waals surface area contributed by atoms with Crippen molar-refractivity contribution in [3.63, 3.8) is 0 Å². The van der Waals surface area contributed by atoms with Crippen molar-refractivity contribution in [1.82, 2.24) is 14.8 Å². The molecule has 0 N–H and O–H groups in total. The van der Waals surface area contributed by atoms with Crippen LogP contribution in [0.5, 0.6) is 0 Å². The lowest BCUT2D eigenvalue weighted by molar-refractivity contribution is 0.0988. The van der Waals surface area contributed by atoms with Gasteiger partial charge in [0.05, 0.1) is 0 Å². The highest BCUT2D eigenvalue weighted by atomic mass is 16.4. The number of carbonyl (C=O) groups is 1. The van der Waals surface area contributed by atoms with Crippen LogP contribution in [-0.4, -0.2) is 20.5 Å². The molecular weight excluding hydrogens is 206 g/mol. The number of aryl methyl sites for hydroxylation is 1. The summed E-state index contributed by atoms with van der Waals surface area (Å²) in [5.74, 6) is 1.23. The van der Waals surface area contributed by atoms with Gasteiger partial charge in [0, 0.05) is 31.3 Å². The van der Waals surface area contributed by atoms with Crippen molar-refractivity contribution in [3.8, 4) is 0 Å². The molecule has 2 heterocycles. The smallest absolute Gasteiger partial charge is 0.236 e. The van der Waals surface area contributed by atoms with E-state index in [1.165, 1.54) is 0 Å². The normalized spacial score (nSPS) is 10.6. The van der Waals surface area contributed by atoms with Crippen molar-refractivity contribution in [1.29, 1.82) is 0 Å². The number of hydrogen-bond donors (Lipinski definition) is 0. The van der Waals surface area contributed by atoms with E-state index in [2.05, 4.69) is 10.2 Å². The van der Waals surface area contributed by atoms with Crippen molar-refractivity contribution in [2.24, 2.45) is 0 Å². The molecule has 0 atom stereocenters. The zero-order valence-electron chi connectivity index (χ0n) is 9.30. The molecule has 0 aliphatic heterocycles. The molecule has 0 aliphatic rings. The van der Waals surface area contributed by atoms with Gasteiger partial charge in [-0.3, -0.25) is 4.79 Å². The second-order valence-electron chi connectivity index (χ2n) is 3.56. The molecule has 0 aromatic carbocycles. The fourth-order valence-corrected chi connectivity index (χ4v) is 1.47. The van der Waals surface area contributed by atoms with Gasteiger partial charge in [0.2, 0.25) is 11.8 Å². The Balaban J connectivity index is 2.11. The second kappa shape index (κ2) is 4.30. The third-order valence-electron chi connectivity index (χ3n) is 2.28. The third kappa shape index (κ3) is 2.18. The van der Waals surface area contributed by atoms with E-state index < -0.39 is 0 Å². The fourth-order valence-electron chi connectivity index (χ4n) is 1.47. The lowest BCUT2D eigenvalue weighted by Gasteiger charge is -1.96. The van der Waals surface area contributed by atoms with E-state index in [0.29, 0.717) is 24.7 Å². The van der Waals surface area contributed by atoms with E-state index >= 15 is 0 Å². The molecule has 2 rings (SSSR count). The molecule has 0 radical (unpaired) electrons. The first-order chi connectivity index (χ1) is 7.69. The van der Waals surface area contributed by atoms with Crippen LogP contribution in [0.3, 0.4) is 0 Å². The van der Waals surface area contributed by atoms with Crippen molar-refractivity contribution < 1.29 is 9.21 Å². The topological polar surface area (TPSA) is 60.9 Å². The number of ketones is 1. The third-order valence-corrected chi connectivity index (χ3v) is 2.28. The highest BCUT2D eigenvalue weighted by Gasteiger charge is 2.07.